The predicted octanol–water partition coefficient (Wildman–Crippen LogP) is 5.52. The highest BCUT2D eigenvalue weighted by molar-refractivity contribution is 6.39. The molecule has 0 fully saturated rings. The summed E-state index contributed by atoms with van der Waals surface area (Å²) in [6.45, 7) is 0. The number of hydrogen-bond donors (Lipinski definition) is 2. The van der Waals surface area contributed by atoms with Crippen LogP contribution in [-0.2, 0) is 9.59 Å². The molecule has 9 nitrogen and oxygen atoms in total. The van der Waals surface area contributed by atoms with Crippen LogP contribution in [0.3, 0.4) is 0 Å². The lowest BCUT2D eigenvalue weighted by atomic mass is 10.2. The summed E-state index contributed by atoms with van der Waals surface area (Å²) in [5, 5.41) is 7.12. The van der Waals surface area contributed by atoms with E-state index < -0.39 is 23.8 Å². The van der Waals surface area contributed by atoms with Crippen molar-refractivity contribution in [2.24, 2.45) is 5.10 Å². The first kappa shape index (κ1) is 28.0. The van der Waals surface area contributed by atoms with E-state index in [2.05, 4.69) is 15.8 Å². The standard InChI is InChI=1S/C29H19Cl2N3O6/c30-21-11-6-18(7-12-21)28(37)39-24-15-10-20(25(16-24)40-29(38)19-8-13-22(31)14-9-19)17-32-34-27(36)26(35)33-23-4-2-1-3-5-23/h1-17H,(H,33,35)(H,34,36)/b32-17-. The van der Waals surface area contributed by atoms with Crippen molar-refractivity contribution < 1.29 is 28.7 Å². The van der Waals surface area contributed by atoms with Crippen molar-refractivity contribution in [1.29, 1.82) is 0 Å². The van der Waals surface area contributed by atoms with Gasteiger partial charge in [0.15, 0.2) is 0 Å². The highest BCUT2D eigenvalue weighted by Gasteiger charge is 2.16. The van der Waals surface area contributed by atoms with E-state index in [0.29, 0.717) is 15.7 Å². The normalized spacial score (nSPS) is 10.6. The second kappa shape index (κ2) is 13.2. The average molecular weight is 576 g/mol. The van der Waals surface area contributed by atoms with Gasteiger partial charge in [0.05, 0.1) is 17.3 Å². The van der Waals surface area contributed by atoms with Crippen molar-refractivity contribution in [3.05, 3.63) is 124 Å². The molecule has 0 saturated heterocycles. The Labute approximate surface area is 238 Å². The molecule has 11 heteroatoms. The van der Waals surface area contributed by atoms with Gasteiger partial charge < -0.3 is 14.8 Å². The lowest BCUT2D eigenvalue weighted by Gasteiger charge is -2.11. The van der Waals surface area contributed by atoms with Gasteiger partial charge in [-0.3, -0.25) is 9.59 Å². The van der Waals surface area contributed by atoms with Crippen molar-refractivity contribution >= 4 is 58.9 Å². The summed E-state index contributed by atoms with van der Waals surface area (Å²) in [6.07, 6.45) is 1.17. The number of ether oxygens (including phenoxy) is 2. The number of nitrogens with one attached hydrogen (secondary N) is 2. The van der Waals surface area contributed by atoms with E-state index in [1.807, 2.05) is 0 Å². The maximum absolute atomic E-state index is 12.8. The molecule has 0 saturated carbocycles. The van der Waals surface area contributed by atoms with Crippen LogP contribution in [-0.4, -0.2) is 30.0 Å². The Bertz CT molecular complexity index is 1570. The predicted molar refractivity (Wildman–Crippen MR) is 150 cm³/mol. The number of rotatable bonds is 7. The number of hydrogen-bond acceptors (Lipinski definition) is 7. The number of esters is 2. The number of benzene rings is 4. The number of nitrogens with zero attached hydrogens (tertiary/aromatic N) is 1. The van der Waals surface area contributed by atoms with Crippen LogP contribution in [0.15, 0.2) is 102 Å². The zero-order valence-electron chi connectivity index (χ0n) is 20.5. The lowest BCUT2D eigenvalue weighted by molar-refractivity contribution is -0.136. The molecule has 0 aliphatic rings. The summed E-state index contributed by atoms with van der Waals surface area (Å²) >= 11 is 11.8. The van der Waals surface area contributed by atoms with E-state index in [1.165, 1.54) is 60.8 Å². The van der Waals surface area contributed by atoms with Crippen LogP contribution >= 0.6 is 23.2 Å². The van der Waals surface area contributed by atoms with E-state index >= 15 is 0 Å². The van der Waals surface area contributed by atoms with Gasteiger partial charge in [-0.25, -0.2) is 15.0 Å². The second-order valence-electron chi connectivity index (χ2n) is 8.01. The first-order valence-corrected chi connectivity index (χ1v) is 12.3. The van der Waals surface area contributed by atoms with Gasteiger partial charge in [-0.05, 0) is 72.8 Å². The van der Waals surface area contributed by atoms with Crippen molar-refractivity contribution in [1.82, 2.24) is 5.43 Å². The van der Waals surface area contributed by atoms with Crippen LogP contribution in [0.4, 0.5) is 5.69 Å². The average Bonchev–Trinajstić information content (AvgIpc) is 2.95. The summed E-state index contributed by atoms with van der Waals surface area (Å²) in [6, 6.07) is 24.7. The van der Waals surface area contributed by atoms with Gasteiger partial charge in [0.25, 0.3) is 0 Å². The van der Waals surface area contributed by atoms with Gasteiger partial charge in [-0.15, -0.1) is 0 Å². The molecular formula is C29H19Cl2N3O6. The van der Waals surface area contributed by atoms with E-state index in [4.69, 9.17) is 32.7 Å². The fourth-order valence-electron chi connectivity index (χ4n) is 3.19. The fourth-order valence-corrected chi connectivity index (χ4v) is 3.44. The van der Waals surface area contributed by atoms with Crippen molar-refractivity contribution in [2.75, 3.05) is 5.32 Å². The number of halogens is 2. The topological polar surface area (TPSA) is 123 Å². The molecule has 0 heterocycles. The molecule has 0 aliphatic heterocycles. The van der Waals surface area contributed by atoms with Crippen LogP contribution in [0.2, 0.25) is 10.0 Å². The minimum atomic E-state index is -1.02. The third kappa shape index (κ3) is 7.76. The first-order valence-electron chi connectivity index (χ1n) is 11.6. The Kier molecular flexibility index (Phi) is 9.24. The summed E-state index contributed by atoms with van der Waals surface area (Å²) in [4.78, 5) is 49.5. The molecule has 0 radical (unpaired) electrons. The van der Waals surface area contributed by atoms with Gasteiger partial charge in [-0.1, -0.05) is 41.4 Å². The molecule has 2 N–H and O–H groups in total. The molecule has 0 atom stereocenters. The first-order chi connectivity index (χ1) is 19.3. The van der Waals surface area contributed by atoms with Crippen molar-refractivity contribution in [2.45, 2.75) is 0 Å². The molecule has 0 aromatic heterocycles. The minimum absolute atomic E-state index is 0.0342. The molecule has 0 spiro atoms. The highest BCUT2D eigenvalue weighted by atomic mass is 35.5. The van der Waals surface area contributed by atoms with E-state index in [9.17, 15) is 19.2 Å². The Hall–Kier alpha value is -4.99. The van der Waals surface area contributed by atoms with Gasteiger partial charge in [0, 0.05) is 27.4 Å². The zero-order chi connectivity index (χ0) is 28.5. The summed E-state index contributed by atoms with van der Waals surface area (Å²) in [7, 11) is 0. The quantitative estimate of drug-likeness (QED) is 0.0982. The van der Waals surface area contributed by atoms with E-state index in [1.54, 1.807) is 42.5 Å². The van der Waals surface area contributed by atoms with Crippen LogP contribution in [0.5, 0.6) is 11.5 Å². The zero-order valence-corrected chi connectivity index (χ0v) is 22.0. The molecular weight excluding hydrogens is 557 g/mol. The number of carbonyl (C=O) groups excluding carboxylic acids is 4. The van der Waals surface area contributed by atoms with E-state index in [-0.39, 0.29) is 28.2 Å². The number of anilines is 1. The summed E-state index contributed by atoms with van der Waals surface area (Å²) in [5.74, 6) is -3.30. The minimum Gasteiger partial charge on any atom is -0.423 e. The smallest absolute Gasteiger partial charge is 0.343 e. The highest BCUT2D eigenvalue weighted by Crippen LogP contribution is 2.26. The Morgan fingerprint density at radius 3 is 1.85 bits per heavy atom. The van der Waals surface area contributed by atoms with Gasteiger partial charge in [-0.2, -0.15) is 5.10 Å². The van der Waals surface area contributed by atoms with Crippen LogP contribution in [0.1, 0.15) is 26.3 Å². The Balaban J connectivity index is 1.51. The summed E-state index contributed by atoms with van der Waals surface area (Å²) in [5.41, 5.74) is 3.25. The molecule has 2 amide bonds. The fraction of sp³-hybridized carbons (Fsp3) is 0. The van der Waals surface area contributed by atoms with Crippen molar-refractivity contribution in [3.63, 3.8) is 0 Å². The van der Waals surface area contributed by atoms with E-state index in [0.717, 1.165) is 0 Å². The Morgan fingerprint density at radius 1 is 0.675 bits per heavy atom. The largest absolute Gasteiger partial charge is 0.423 e. The molecule has 200 valence electrons. The third-order valence-corrected chi connectivity index (χ3v) is 5.67. The number of carbonyl (C=O) groups is 4. The summed E-state index contributed by atoms with van der Waals surface area (Å²) < 4.78 is 10.9. The van der Waals surface area contributed by atoms with Gasteiger partial charge in [0.2, 0.25) is 0 Å². The van der Waals surface area contributed by atoms with Gasteiger partial charge >= 0.3 is 23.8 Å². The second-order valence-corrected chi connectivity index (χ2v) is 8.88. The SMILES string of the molecule is O=C(N/N=C\c1ccc(OC(=O)c2ccc(Cl)cc2)cc1OC(=O)c1ccc(Cl)cc1)C(=O)Nc1ccccc1. The Morgan fingerprint density at radius 2 is 1.25 bits per heavy atom. The molecule has 4 rings (SSSR count). The van der Waals surface area contributed by atoms with Crippen LogP contribution in [0, 0.1) is 0 Å². The number of hydrazone groups is 1. The molecule has 0 bridgehead atoms. The molecule has 40 heavy (non-hydrogen) atoms. The molecule has 0 unspecified atom stereocenters. The molecule has 4 aromatic carbocycles. The molecule has 4 aromatic rings. The number of amides is 2. The maximum Gasteiger partial charge on any atom is 0.343 e. The number of para-hydroxylation sites is 1. The monoisotopic (exact) mass is 575 g/mol. The van der Waals surface area contributed by atoms with Crippen LogP contribution < -0.4 is 20.2 Å². The van der Waals surface area contributed by atoms with Crippen molar-refractivity contribution in [3.8, 4) is 11.5 Å². The van der Waals surface area contributed by atoms with Gasteiger partial charge in [0.1, 0.15) is 11.5 Å². The van der Waals surface area contributed by atoms with Crippen LogP contribution in [0.25, 0.3) is 0 Å². The maximum atomic E-state index is 12.8. The molecule has 0 aliphatic carbocycles. The lowest BCUT2D eigenvalue weighted by Crippen LogP contribution is -2.32. The third-order valence-electron chi connectivity index (χ3n) is 5.17.